The minimum Gasteiger partial charge on any atom is -0.373 e. The van der Waals surface area contributed by atoms with Crippen LogP contribution in [0.2, 0.25) is 10.0 Å². The minimum atomic E-state index is 0.0261. The first-order valence-electron chi connectivity index (χ1n) is 13.1. The maximum Gasteiger partial charge on any atom is 0.318 e. The SMILES string of the molecule is Cc1cccc(CNC(=O)N2C3CCC2CC(OCc2c(-c4c(Cl)cccc4Cl)noc2C2CC2)C3)c1. The van der Waals surface area contributed by atoms with Crippen LogP contribution in [0, 0.1) is 6.92 Å². The van der Waals surface area contributed by atoms with Crippen LogP contribution >= 0.6 is 23.2 Å². The van der Waals surface area contributed by atoms with Crippen molar-refractivity contribution in [3.05, 3.63) is 75.0 Å². The number of piperidine rings is 1. The van der Waals surface area contributed by atoms with Crippen LogP contribution in [0.15, 0.2) is 47.0 Å². The number of halogens is 2. The van der Waals surface area contributed by atoms with Gasteiger partial charge in [-0.15, -0.1) is 0 Å². The quantitative estimate of drug-likeness (QED) is 0.343. The Labute approximate surface area is 227 Å². The molecule has 0 radical (unpaired) electrons. The van der Waals surface area contributed by atoms with E-state index in [0.29, 0.717) is 40.4 Å². The molecule has 2 saturated heterocycles. The van der Waals surface area contributed by atoms with Gasteiger partial charge in [-0.3, -0.25) is 0 Å². The Morgan fingerprint density at radius 1 is 1.08 bits per heavy atom. The maximum absolute atomic E-state index is 13.1. The Morgan fingerprint density at radius 2 is 1.78 bits per heavy atom. The lowest BCUT2D eigenvalue weighted by Gasteiger charge is -2.38. The summed E-state index contributed by atoms with van der Waals surface area (Å²) in [6.45, 7) is 3.01. The Hall–Kier alpha value is -2.54. The molecule has 2 bridgehead atoms. The molecule has 1 N–H and O–H groups in total. The van der Waals surface area contributed by atoms with E-state index >= 15 is 0 Å². The number of amides is 2. The molecule has 2 aromatic carbocycles. The molecule has 3 heterocycles. The van der Waals surface area contributed by atoms with E-state index < -0.39 is 0 Å². The molecule has 194 valence electrons. The summed E-state index contributed by atoms with van der Waals surface area (Å²) in [5, 5.41) is 8.60. The topological polar surface area (TPSA) is 67.6 Å². The summed E-state index contributed by atoms with van der Waals surface area (Å²) in [5.74, 6) is 1.28. The summed E-state index contributed by atoms with van der Waals surface area (Å²) in [7, 11) is 0. The smallest absolute Gasteiger partial charge is 0.318 e. The van der Waals surface area contributed by atoms with Gasteiger partial charge < -0.3 is 19.5 Å². The van der Waals surface area contributed by atoms with Gasteiger partial charge in [0.25, 0.3) is 0 Å². The number of carbonyl (C=O) groups excluding carboxylic acids is 1. The van der Waals surface area contributed by atoms with Crippen molar-refractivity contribution in [2.75, 3.05) is 0 Å². The van der Waals surface area contributed by atoms with E-state index in [2.05, 4.69) is 34.4 Å². The third kappa shape index (κ3) is 5.12. The average Bonchev–Trinajstić information content (AvgIpc) is 3.58. The van der Waals surface area contributed by atoms with Gasteiger partial charge in [0.05, 0.1) is 22.8 Å². The fourth-order valence-electron chi connectivity index (χ4n) is 5.94. The molecule has 1 aromatic heterocycles. The number of rotatable bonds is 7. The highest BCUT2D eigenvalue weighted by atomic mass is 35.5. The molecule has 1 saturated carbocycles. The second-order valence-electron chi connectivity index (χ2n) is 10.6. The van der Waals surface area contributed by atoms with Crippen LogP contribution in [0.25, 0.3) is 11.3 Å². The van der Waals surface area contributed by atoms with E-state index in [4.69, 9.17) is 32.5 Å². The molecular formula is C29H31Cl2N3O3. The normalized spacial score (nSPS) is 22.9. The van der Waals surface area contributed by atoms with Crippen LogP contribution in [0.3, 0.4) is 0 Å². The van der Waals surface area contributed by atoms with Crippen LogP contribution in [-0.2, 0) is 17.9 Å². The minimum absolute atomic E-state index is 0.0261. The van der Waals surface area contributed by atoms with Crippen molar-refractivity contribution < 1.29 is 14.1 Å². The lowest BCUT2D eigenvalue weighted by molar-refractivity contribution is -0.0172. The zero-order chi connectivity index (χ0) is 25.5. The highest BCUT2D eigenvalue weighted by Crippen LogP contribution is 2.46. The molecule has 3 aromatic rings. The number of aromatic nitrogens is 1. The van der Waals surface area contributed by atoms with Crippen LogP contribution in [0.4, 0.5) is 4.79 Å². The molecule has 2 unspecified atom stereocenters. The Kier molecular flexibility index (Phi) is 6.91. The Bertz CT molecular complexity index is 1270. The monoisotopic (exact) mass is 539 g/mol. The van der Waals surface area contributed by atoms with Crippen molar-refractivity contribution in [1.82, 2.24) is 15.4 Å². The molecule has 6 rings (SSSR count). The molecule has 8 heteroatoms. The van der Waals surface area contributed by atoms with Gasteiger partial charge in [0.2, 0.25) is 0 Å². The van der Waals surface area contributed by atoms with Crippen molar-refractivity contribution in [3.8, 4) is 11.3 Å². The number of nitrogens with one attached hydrogen (secondary N) is 1. The highest BCUT2D eigenvalue weighted by molar-refractivity contribution is 6.39. The van der Waals surface area contributed by atoms with Gasteiger partial charge in [-0.25, -0.2) is 4.79 Å². The molecular weight excluding hydrogens is 509 g/mol. The zero-order valence-corrected chi connectivity index (χ0v) is 22.4. The van der Waals surface area contributed by atoms with Gasteiger partial charge in [-0.1, -0.05) is 64.3 Å². The van der Waals surface area contributed by atoms with Gasteiger partial charge in [0.15, 0.2) is 0 Å². The van der Waals surface area contributed by atoms with E-state index in [9.17, 15) is 4.79 Å². The van der Waals surface area contributed by atoms with E-state index in [-0.39, 0.29) is 24.2 Å². The van der Waals surface area contributed by atoms with Crippen molar-refractivity contribution in [1.29, 1.82) is 0 Å². The summed E-state index contributed by atoms with van der Waals surface area (Å²) in [6.07, 6.45) is 5.97. The molecule has 2 atom stereocenters. The van der Waals surface area contributed by atoms with Gasteiger partial charge in [-0.05, 0) is 63.1 Å². The first kappa shape index (κ1) is 24.8. The van der Waals surface area contributed by atoms with Crippen LogP contribution in [0.1, 0.15) is 66.9 Å². The molecule has 0 spiro atoms. The standard InChI is InChI=1S/C29H31Cl2N3O3/c1-17-4-2-5-18(12-17)15-32-29(35)34-20-10-11-21(34)14-22(13-20)36-16-23-27(33-37-28(23)19-8-9-19)26-24(30)6-3-7-25(26)31/h2-7,12,19-22H,8-11,13-16H2,1H3,(H,32,35). The van der Waals surface area contributed by atoms with E-state index in [0.717, 1.165) is 55.4 Å². The fourth-order valence-corrected chi connectivity index (χ4v) is 6.51. The van der Waals surface area contributed by atoms with Gasteiger partial charge in [0, 0.05) is 35.7 Å². The Balaban J connectivity index is 1.12. The first-order chi connectivity index (χ1) is 18.0. The molecule has 1 aliphatic carbocycles. The third-order valence-electron chi connectivity index (χ3n) is 7.88. The molecule has 6 nitrogen and oxygen atoms in total. The summed E-state index contributed by atoms with van der Waals surface area (Å²) in [6, 6.07) is 14.1. The van der Waals surface area contributed by atoms with Crippen LogP contribution in [-0.4, -0.2) is 34.3 Å². The number of ether oxygens (including phenoxy) is 1. The molecule has 3 aliphatic rings. The van der Waals surface area contributed by atoms with E-state index in [1.165, 1.54) is 5.56 Å². The van der Waals surface area contributed by atoms with E-state index in [1.54, 1.807) is 0 Å². The van der Waals surface area contributed by atoms with E-state index in [1.807, 2.05) is 30.3 Å². The maximum atomic E-state index is 13.1. The lowest BCUT2D eigenvalue weighted by Crippen LogP contribution is -2.52. The van der Waals surface area contributed by atoms with Crippen molar-refractivity contribution >= 4 is 29.2 Å². The first-order valence-corrected chi connectivity index (χ1v) is 13.9. The zero-order valence-electron chi connectivity index (χ0n) is 20.9. The van der Waals surface area contributed by atoms with Gasteiger partial charge in [0.1, 0.15) is 11.5 Å². The van der Waals surface area contributed by atoms with Gasteiger partial charge in [-0.2, -0.15) is 0 Å². The lowest BCUT2D eigenvalue weighted by atomic mass is 9.99. The number of hydrogen-bond donors (Lipinski definition) is 1. The summed E-state index contributed by atoms with van der Waals surface area (Å²) >= 11 is 13.0. The van der Waals surface area contributed by atoms with Crippen LogP contribution < -0.4 is 5.32 Å². The molecule has 2 amide bonds. The Morgan fingerprint density at radius 3 is 2.46 bits per heavy atom. The second kappa shape index (κ2) is 10.3. The van der Waals surface area contributed by atoms with Crippen molar-refractivity contribution in [2.45, 2.75) is 82.7 Å². The van der Waals surface area contributed by atoms with Crippen molar-refractivity contribution in [2.24, 2.45) is 0 Å². The molecule has 3 fully saturated rings. The highest BCUT2D eigenvalue weighted by Gasteiger charge is 2.44. The molecule has 2 aliphatic heterocycles. The number of carbonyl (C=O) groups is 1. The number of nitrogens with zero attached hydrogens (tertiary/aromatic N) is 2. The number of hydrogen-bond acceptors (Lipinski definition) is 4. The third-order valence-corrected chi connectivity index (χ3v) is 8.51. The number of fused-ring (bicyclic) bond motifs is 2. The summed E-state index contributed by atoms with van der Waals surface area (Å²) < 4.78 is 12.3. The summed E-state index contributed by atoms with van der Waals surface area (Å²) in [4.78, 5) is 15.1. The van der Waals surface area contributed by atoms with Gasteiger partial charge >= 0.3 is 6.03 Å². The fraction of sp³-hybridized carbons (Fsp3) is 0.448. The average molecular weight is 540 g/mol. The number of benzene rings is 2. The summed E-state index contributed by atoms with van der Waals surface area (Å²) in [5.41, 5.74) is 4.63. The predicted octanol–water partition coefficient (Wildman–Crippen LogP) is 7.26. The second-order valence-corrected chi connectivity index (χ2v) is 11.4. The van der Waals surface area contributed by atoms with Crippen molar-refractivity contribution in [3.63, 3.8) is 0 Å². The van der Waals surface area contributed by atoms with Crippen LogP contribution in [0.5, 0.6) is 0 Å². The predicted molar refractivity (Wildman–Crippen MR) is 144 cm³/mol. The number of urea groups is 1. The molecule has 37 heavy (non-hydrogen) atoms. The number of aryl methyl sites for hydroxylation is 1. The largest absolute Gasteiger partial charge is 0.373 e.